The maximum Gasteiger partial charge on any atom is 0.410 e. The lowest BCUT2D eigenvalue weighted by atomic mass is 9.62. The quantitative estimate of drug-likeness (QED) is 0.527. The zero-order chi connectivity index (χ0) is 26.8. The number of hydrogen-bond donors (Lipinski definition) is 2. The van der Waals surface area contributed by atoms with E-state index in [9.17, 15) is 9.59 Å². The van der Waals surface area contributed by atoms with Crippen molar-refractivity contribution in [2.24, 2.45) is 5.41 Å². The highest BCUT2D eigenvalue weighted by Crippen LogP contribution is 2.50. The Morgan fingerprint density at radius 3 is 2.69 bits per heavy atom. The molecule has 10 heteroatoms. The zero-order valence-electron chi connectivity index (χ0n) is 22.5. The van der Waals surface area contributed by atoms with Crippen LogP contribution in [0.1, 0.15) is 62.4 Å². The first-order valence-corrected chi connectivity index (χ1v) is 14.2. The first kappa shape index (κ1) is 25.9. The molecule has 4 aliphatic rings. The molecule has 4 heterocycles. The molecule has 6 rings (SSSR count). The van der Waals surface area contributed by atoms with Crippen molar-refractivity contribution in [1.29, 1.82) is 0 Å². The van der Waals surface area contributed by atoms with Gasteiger partial charge in [-0.15, -0.1) is 0 Å². The van der Waals surface area contributed by atoms with Crippen LogP contribution >= 0.6 is 0 Å². The second-order valence-corrected chi connectivity index (χ2v) is 11.3. The van der Waals surface area contributed by atoms with Crippen LogP contribution in [0.4, 0.5) is 4.79 Å². The summed E-state index contributed by atoms with van der Waals surface area (Å²) >= 11 is 0. The summed E-state index contributed by atoms with van der Waals surface area (Å²) in [5.74, 6) is 0.705. The van der Waals surface area contributed by atoms with E-state index in [1.54, 1.807) is 6.20 Å². The van der Waals surface area contributed by atoms with Gasteiger partial charge in [-0.3, -0.25) is 4.79 Å². The van der Waals surface area contributed by atoms with Gasteiger partial charge in [0.05, 0.1) is 17.9 Å². The minimum absolute atomic E-state index is 0.0253. The molecular formula is C29H37N5O5. The van der Waals surface area contributed by atoms with Crippen molar-refractivity contribution < 1.29 is 23.8 Å². The average molecular weight is 536 g/mol. The highest BCUT2D eigenvalue weighted by molar-refractivity contribution is 5.96. The molecular weight excluding hydrogens is 498 g/mol. The van der Waals surface area contributed by atoms with Crippen molar-refractivity contribution >= 4 is 12.0 Å². The molecule has 2 saturated heterocycles. The highest BCUT2D eigenvalue weighted by atomic mass is 16.6. The van der Waals surface area contributed by atoms with E-state index in [4.69, 9.17) is 19.2 Å². The van der Waals surface area contributed by atoms with Crippen LogP contribution in [0.25, 0.3) is 11.3 Å². The number of nitrogens with one attached hydrogen (secondary N) is 2. The molecule has 2 N–H and O–H groups in total. The Kier molecular flexibility index (Phi) is 7.29. The fourth-order valence-electron chi connectivity index (χ4n) is 6.27. The SMILES string of the molecule is CCOc1ncccc1-c1ccc(OC2CC3(C2)CN(C(=O)OC2CCCC2)C3)c(C(=O)N[C@@H]2CCNC2)n1. The number of carbonyl (C=O) groups excluding carboxylic acids is 2. The Hall–Kier alpha value is -3.40. The lowest BCUT2D eigenvalue weighted by molar-refractivity contribution is -0.112. The van der Waals surface area contributed by atoms with E-state index in [0.29, 0.717) is 37.0 Å². The molecule has 2 saturated carbocycles. The first-order chi connectivity index (χ1) is 19.0. The van der Waals surface area contributed by atoms with Crippen LogP contribution in [0.3, 0.4) is 0 Å². The van der Waals surface area contributed by atoms with Crippen LogP contribution in [-0.4, -0.2) is 77.9 Å². The Bertz CT molecular complexity index is 1200. The predicted octanol–water partition coefficient (Wildman–Crippen LogP) is 3.56. The summed E-state index contributed by atoms with van der Waals surface area (Å²) < 4.78 is 17.7. The maximum atomic E-state index is 13.4. The van der Waals surface area contributed by atoms with Crippen molar-refractivity contribution in [2.45, 2.75) is 70.1 Å². The number of nitrogens with zero attached hydrogens (tertiary/aromatic N) is 3. The van der Waals surface area contributed by atoms with Crippen LogP contribution in [0.15, 0.2) is 30.5 Å². The Balaban J connectivity index is 1.13. The van der Waals surface area contributed by atoms with E-state index < -0.39 is 0 Å². The molecule has 0 aromatic carbocycles. The van der Waals surface area contributed by atoms with E-state index >= 15 is 0 Å². The molecule has 0 radical (unpaired) electrons. The highest BCUT2D eigenvalue weighted by Gasteiger charge is 2.55. The summed E-state index contributed by atoms with van der Waals surface area (Å²) in [6.45, 7) is 5.42. The third-order valence-corrected chi connectivity index (χ3v) is 8.29. The van der Waals surface area contributed by atoms with Gasteiger partial charge in [-0.05, 0) is 82.7 Å². The zero-order valence-corrected chi connectivity index (χ0v) is 22.5. The van der Waals surface area contributed by atoms with Gasteiger partial charge in [0.15, 0.2) is 11.4 Å². The summed E-state index contributed by atoms with van der Waals surface area (Å²) in [5.41, 5.74) is 1.69. The van der Waals surface area contributed by atoms with Gasteiger partial charge >= 0.3 is 6.09 Å². The molecule has 1 atom stereocenters. The van der Waals surface area contributed by atoms with E-state index in [1.165, 1.54) is 0 Å². The summed E-state index contributed by atoms with van der Waals surface area (Å²) in [6.07, 6.45) is 8.36. The number of likely N-dealkylation sites (tertiary alicyclic amines) is 1. The molecule has 2 aliphatic carbocycles. The van der Waals surface area contributed by atoms with Gasteiger partial charge in [0.2, 0.25) is 5.88 Å². The molecule has 4 fully saturated rings. The smallest absolute Gasteiger partial charge is 0.410 e. The van der Waals surface area contributed by atoms with Gasteiger partial charge < -0.3 is 29.7 Å². The topological polar surface area (TPSA) is 115 Å². The Labute approximate surface area is 228 Å². The average Bonchev–Trinajstić information content (AvgIpc) is 3.60. The number of rotatable bonds is 8. The van der Waals surface area contributed by atoms with E-state index in [2.05, 4.69) is 15.6 Å². The van der Waals surface area contributed by atoms with Crippen LogP contribution in [0.5, 0.6) is 11.6 Å². The number of carbonyl (C=O) groups is 2. The number of aromatic nitrogens is 2. The molecule has 2 amide bonds. The predicted molar refractivity (Wildman–Crippen MR) is 144 cm³/mol. The van der Waals surface area contributed by atoms with Crippen LogP contribution < -0.4 is 20.1 Å². The van der Waals surface area contributed by atoms with Gasteiger partial charge in [-0.1, -0.05) is 0 Å². The molecule has 2 aromatic heterocycles. The van der Waals surface area contributed by atoms with Crippen molar-refractivity contribution in [1.82, 2.24) is 25.5 Å². The monoisotopic (exact) mass is 535 g/mol. The Morgan fingerprint density at radius 1 is 1.13 bits per heavy atom. The van der Waals surface area contributed by atoms with Crippen molar-refractivity contribution in [3.05, 3.63) is 36.2 Å². The lowest BCUT2D eigenvalue weighted by Crippen LogP contribution is -2.66. The molecule has 1 spiro atoms. The minimum atomic E-state index is -0.249. The van der Waals surface area contributed by atoms with Gasteiger partial charge in [0.1, 0.15) is 12.2 Å². The van der Waals surface area contributed by atoms with E-state index in [0.717, 1.165) is 63.6 Å². The Morgan fingerprint density at radius 2 is 1.95 bits per heavy atom. The third-order valence-electron chi connectivity index (χ3n) is 8.29. The standard InChI is InChI=1S/C29H37N5O5/c1-2-37-27-22(8-5-12-31-27)23-9-10-24(25(33-23)26(35)32-19-11-13-30-16-19)38-21-14-29(15-21)17-34(18-29)28(36)39-20-6-3-4-7-20/h5,8-10,12,19-21,30H,2-4,6-7,11,13-18H2,1H3,(H,32,35)/t19-/m1/s1. The van der Waals surface area contributed by atoms with Gasteiger partial charge in [0.25, 0.3) is 5.91 Å². The second kappa shape index (κ2) is 11.0. The molecule has 208 valence electrons. The fraction of sp³-hybridized carbons (Fsp3) is 0.586. The summed E-state index contributed by atoms with van der Waals surface area (Å²) in [5, 5.41) is 6.38. The largest absolute Gasteiger partial charge is 0.488 e. The third kappa shape index (κ3) is 5.52. The normalized spacial score (nSPS) is 22.3. The fourth-order valence-corrected chi connectivity index (χ4v) is 6.27. The van der Waals surface area contributed by atoms with E-state index in [1.807, 2.05) is 36.1 Å². The molecule has 39 heavy (non-hydrogen) atoms. The van der Waals surface area contributed by atoms with Crippen LogP contribution in [0.2, 0.25) is 0 Å². The first-order valence-electron chi connectivity index (χ1n) is 14.2. The minimum Gasteiger partial charge on any atom is -0.488 e. The van der Waals surface area contributed by atoms with Gasteiger partial charge in [-0.2, -0.15) is 0 Å². The maximum absolute atomic E-state index is 13.4. The lowest BCUT2D eigenvalue weighted by Gasteiger charge is -2.57. The number of pyridine rings is 2. The van der Waals surface area contributed by atoms with Crippen molar-refractivity contribution in [2.75, 3.05) is 32.8 Å². The number of ether oxygens (including phenoxy) is 3. The molecule has 0 unspecified atom stereocenters. The van der Waals surface area contributed by atoms with Crippen molar-refractivity contribution in [3.8, 4) is 22.9 Å². The van der Waals surface area contributed by atoms with Gasteiger partial charge in [0, 0.05) is 37.3 Å². The van der Waals surface area contributed by atoms with Crippen LogP contribution in [0, 0.1) is 5.41 Å². The second-order valence-electron chi connectivity index (χ2n) is 11.3. The molecule has 2 aromatic rings. The van der Waals surface area contributed by atoms with E-state index in [-0.39, 0.29) is 41.4 Å². The number of hydrogen-bond acceptors (Lipinski definition) is 8. The van der Waals surface area contributed by atoms with Crippen LogP contribution in [-0.2, 0) is 4.74 Å². The number of amides is 2. The summed E-state index contributed by atoms with van der Waals surface area (Å²) in [7, 11) is 0. The summed E-state index contributed by atoms with van der Waals surface area (Å²) in [4.78, 5) is 36.7. The van der Waals surface area contributed by atoms with Crippen molar-refractivity contribution in [3.63, 3.8) is 0 Å². The molecule has 2 aliphatic heterocycles. The molecule has 10 nitrogen and oxygen atoms in total. The molecule has 0 bridgehead atoms. The van der Waals surface area contributed by atoms with Gasteiger partial charge in [-0.25, -0.2) is 14.8 Å². The summed E-state index contributed by atoms with van der Waals surface area (Å²) in [6, 6.07) is 7.45.